The molecule has 1 N–H and O–H groups in total. The van der Waals surface area contributed by atoms with Crippen LogP contribution in [-0.4, -0.2) is 31.0 Å². The van der Waals surface area contributed by atoms with Crippen molar-refractivity contribution < 1.29 is 13.9 Å². The smallest absolute Gasteiger partial charge is 0.234 e. The van der Waals surface area contributed by atoms with Crippen molar-refractivity contribution >= 4 is 17.2 Å². The van der Waals surface area contributed by atoms with E-state index < -0.39 is 0 Å². The molecule has 1 amide bonds. The van der Waals surface area contributed by atoms with Crippen LogP contribution in [0.1, 0.15) is 41.9 Å². The third-order valence-corrected chi connectivity index (χ3v) is 6.15. The number of hydrogen-bond donors (Lipinski definition) is 1. The van der Waals surface area contributed by atoms with Crippen LogP contribution < -0.4 is 10.1 Å². The normalized spacial score (nSPS) is 13.1. The summed E-state index contributed by atoms with van der Waals surface area (Å²) in [7, 11) is 1.65. The van der Waals surface area contributed by atoms with Gasteiger partial charge < -0.3 is 10.1 Å². The van der Waals surface area contributed by atoms with Crippen LogP contribution in [0.5, 0.6) is 5.75 Å². The monoisotopic (exact) mass is 426 g/mol. The van der Waals surface area contributed by atoms with Gasteiger partial charge in [0.15, 0.2) is 0 Å². The number of rotatable bonds is 9. The Morgan fingerprint density at radius 3 is 2.53 bits per heavy atom. The molecule has 0 radical (unpaired) electrons. The minimum atomic E-state index is -0.302. The first-order valence-electron chi connectivity index (χ1n) is 9.98. The van der Waals surface area contributed by atoms with Crippen molar-refractivity contribution in [3.63, 3.8) is 0 Å². The molecule has 0 aliphatic heterocycles. The average molecular weight is 427 g/mol. The number of carbonyl (C=O) groups excluding carboxylic acids is 1. The van der Waals surface area contributed by atoms with Crippen LogP contribution >= 0.6 is 11.3 Å². The average Bonchev–Trinajstić information content (AvgIpc) is 3.30. The minimum absolute atomic E-state index is 0.0573. The predicted molar refractivity (Wildman–Crippen MR) is 119 cm³/mol. The Morgan fingerprint density at radius 1 is 1.13 bits per heavy atom. The number of benzene rings is 2. The number of ether oxygens (including phenoxy) is 1. The van der Waals surface area contributed by atoms with Gasteiger partial charge in [0.1, 0.15) is 11.6 Å². The molecule has 3 aromatic rings. The van der Waals surface area contributed by atoms with Crippen molar-refractivity contribution in [3.05, 3.63) is 87.9 Å². The number of nitrogens with zero attached hydrogens (tertiary/aromatic N) is 1. The zero-order chi connectivity index (χ0) is 21.5. The minimum Gasteiger partial charge on any atom is -0.497 e. The lowest BCUT2D eigenvalue weighted by Crippen LogP contribution is -2.40. The van der Waals surface area contributed by atoms with Crippen LogP contribution in [0.3, 0.4) is 0 Å². The van der Waals surface area contributed by atoms with E-state index in [0.29, 0.717) is 0 Å². The molecule has 30 heavy (non-hydrogen) atoms. The Balaban J connectivity index is 1.74. The Kier molecular flexibility index (Phi) is 7.60. The molecule has 0 saturated heterocycles. The first kappa shape index (κ1) is 22.0. The molecule has 2 aromatic carbocycles. The summed E-state index contributed by atoms with van der Waals surface area (Å²) in [6.07, 6.45) is 0. The number of halogens is 1. The van der Waals surface area contributed by atoms with Crippen molar-refractivity contribution in [1.82, 2.24) is 10.2 Å². The summed E-state index contributed by atoms with van der Waals surface area (Å²) in [5.41, 5.74) is 1.95. The largest absolute Gasteiger partial charge is 0.497 e. The second-order valence-corrected chi connectivity index (χ2v) is 8.06. The van der Waals surface area contributed by atoms with Gasteiger partial charge in [0.2, 0.25) is 5.91 Å². The van der Waals surface area contributed by atoms with Crippen LogP contribution in [0, 0.1) is 5.82 Å². The second-order valence-electron chi connectivity index (χ2n) is 7.08. The summed E-state index contributed by atoms with van der Waals surface area (Å²) >= 11 is 1.57. The van der Waals surface area contributed by atoms with Gasteiger partial charge in [-0.1, -0.05) is 37.3 Å². The molecule has 1 heterocycles. The summed E-state index contributed by atoms with van der Waals surface area (Å²) in [6.45, 7) is 5.12. The summed E-state index contributed by atoms with van der Waals surface area (Å²) < 4.78 is 18.7. The number of thiophene rings is 1. The number of nitrogens with one attached hydrogen (secondary N) is 1. The molecule has 0 spiro atoms. The number of amides is 1. The molecule has 4 nitrogen and oxygen atoms in total. The zero-order valence-corrected chi connectivity index (χ0v) is 18.3. The molecule has 3 rings (SSSR count). The highest BCUT2D eigenvalue weighted by atomic mass is 32.1. The van der Waals surface area contributed by atoms with Crippen molar-refractivity contribution in [3.8, 4) is 5.75 Å². The molecule has 158 valence electrons. The highest BCUT2D eigenvalue weighted by Gasteiger charge is 2.22. The van der Waals surface area contributed by atoms with Gasteiger partial charge in [0.25, 0.3) is 0 Å². The van der Waals surface area contributed by atoms with Crippen LogP contribution in [0.15, 0.2) is 66.0 Å². The third kappa shape index (κ3) is 5.46. The van der Waals surface area contributed by atoms with Gasteiger partial charge >= 0.3 is 0 Å². The van der Waals surface area contributed by atoms with E-state index in [0.717, 1.165) is 28.3 Å². The lowest BCUT2D eigenvalue weighted by atomic mass is 10.0. The standard InChI is InChI=1S/C24H27FN2O2S/c1-4-27(17(2)19-7-5-8-21(15-19)29-3)16-23(28)26-24(22-9-6-14-30-22)18-10-12-20(25)13-11-18/h5-15,17,24H,4,16H2,1-3H3,(H,26,28). The van der Waals surface area contributed by atoms with Crippen LogP contribution in [0.2, 0.25) is 0 Å². The molecule has 0 fully saturated rings. The van der Waals surface area contributed by atoms with Crippen molar-refractivity contribution in [2.75, 3.05) is 20.2 Å². The van der Waals surface area contributed by atoms with Gasteiger partial charge in [-0.15, -0.1) is 11.3 Å². The van der Waals surface area contributed by atoms with Crippen LogP contribution in [-0.2, 0) is 4.79 Å². The van der Waals surface area contributed by atoms with Gasteiger partial charge in [-0.2, -0.15) is 0 Å². The predicted octanol–water partition coefficient (Wildman–Crippen LogP) is 5.18. The lowest BCUT2D eigenvalue weighted by molar-refractivity contribution is -0.123. The van der Waals surface area contributed by atoms with Gasteiger partial charge in [0, 0.05) is 10.9 Å². The highest BCUT2D eigenvalue weighted by molar-refractivity contribution is 7.10. The molecule has 0 bridgehead atoms. The van der Waals surface area contributed by atoms with Gasteiger partial charge in [-0.3, -0.25) is 9.69 Å². The molecular weight excluding hydrogens is 399 g/mol. The van der Waals surface area contributed by atoms with E-state index >= 15 is 0 Å². The first-order chi connectivity index (χ1) is 14.5. The van der Waals surface area contributed by atoms with Gasteiger partial charge in [-0.25, -0.2) is 4.39 Å². The first-order valence-corrected chi connectivity index (χ1v) is 10.9. The topological polar surface area (TPSA) is 41.6 Å². The Morgan fingerprint density at radius 2 is 1.90 bits per heavy atom. The van der Waals surface area contributed by atoms with Crippen molar-refractivity contribution in [2.45, 2.75) is 25.9 Å². The Hall–Kier alpha value is -2.70. The molecule has 6 heteroatoms. The van der Waals surface area contributed by atoms with Crippen LogP contribution in [0.25, 0.3) is 0 Å². The maximum Gasteiger partial charge on any atom is 0.234 e. The highest BCUT2D eigenvalue weighted by Crippen LogP contribution is 2.27. The van der Waals surface area contributed by atoms with E-state index in [1.165, 1.54) is 12.1 Å². The number of likely N-dealkylation sites (N-methyl/N-ethyl adjacent to an activating group) is 1. The molecule has 2 atom stereocenters. The number of carbonyl (C=O) groups is 1. The number of methoxy groups -OCH3 is 1. The SMILES string of the molecule is CCN(CC(=O)NC(c1ccc(F)cc1)c1cccs1)C(C)c1cccc(OC)c1. The second kappa shape index (κ2) is 10.4. The van der Waals surface area contributed by atoms with E-state index in [1.807, 2.05) is 48.7 Å². The molecule has 1 aromatic heterocycles. The molecule has 0 saturated carbocycles. The lowest BCUT2D eigenvalue weighted by Gasteiger charge is -2.29. The van der Waals surface area contributed by atoms with Crippen molar-refractivity contribution in [2.24, 2.45) is 0 Å². The summed E-state index contributed by atoms with van der Waals surface area (Å²) in [4.78, 5) is 16.1. The van der Waals surface area contributed by atoms with Gasteiger partial charge in [0.05, 0.1) is 19.7 Å². The maximum atomic E-state index is 13.4. The van der Waals surface area contributed by atoms with Gasteiger partial charge in [-0.05, 0) is 60.3 Å². The third-order valence-electron chi connectivity index (χ3n) is 5.21. The molecule has 0 aliphatic rings. The maximum absolute atomic E-state index is 13.4. The fourth-order valence-corrected chi connectivity index (χ4v) is 4.26. The summed E-state index contributed by atoms with van der Waals surface area (Å²) in [5, 5.41) is 5.10. The zero-order valence-electron chi connectivity index (χ0n) is 17.5. The fraction of sp³-hybridized carbons (Fsp3) is 0.292. The molecule has 2 unspecified atom stereocenters. The Labute approximate surface area is 181 Å². The number of hydrogen-bond acceptors (Lipinski definition) is 4. The molecule has 0 aliphatic carbocycles. The molecular formula is C24H27FN2O2S. The van der Waals surface area contributed by atoms with E-state index in [9.17, 15) is 9.18 Å². The van der Waals surface area contributed by atoms with E-state index in [-0.39, 0.29) is 30.4 Å². The van der Waals surface area contributed by atoms with E-state index in [1.54, 1.807) is 30.6 Å². The summed E-state index contributed by atoms with van der Waals surface area (Å²) in [6, 6.07) is 17.9. The quantitative estimate of drug-likeness (QED) is 0.512. The van der Waals surface area contributed by atoms with Crippen molar-refractivity contribution in [1.29, 1.82) is 0 Å². The summed E-state index contributed by atoms with van der Waals surface area (Å²) in [5.74, 6) is 0.433. The Bertz CT molecular complexity index is 944. The van der Waals surface area contributed by atoms with E-state index in [2.05, 4.69) is 17.1 Å². The van der Waals surface area contributed by atoms with E-state index in [4.69, 9.17) is 4.74 Å². The fourth-order valence-electron chi connectivity index (χ4n) is 3.46. The van der Waals surface area contributed by atoms with Crippen LogP contribution in [0.4, 0.5) is 4.39 Å².